The maximum Gasteiger partial charge on any atom is 0.368 e. The van der Waals surface area contributed by atoms with Crippen LogP contribution in [0.5, 0.6) is 0 Å². The lowest BCUT2D eigenvalue weighted by Crippen LogP contribution is -2.43. The lowest BCUT2D eigenvalue weighted by molar-refractivity contribution is -0.144. The standard InChI is InChI=1S/C14H17N3O2/c1-11-14(13(18)19-16-11,15-10-17(2)3)9-12-7-5-4-6-8-12/h4-8,10H,9H2,1-3H3. The number of aliphatic imine (C=N–C) groups is 1. The Kier molecular flexibility index (Phi) is 3.64. The van der Waals surface area contributed by atoms with Gasteiger partial charge in [0.25, 0.3) is 0 Å². The topological polar surface area (TPSA) is 54.3 Å². The van der Waals surface area contributed by atoms with Gasteiger partial charge < -0.3 is 9.74 Å². The summed E-state index contributed by atoms with van der Waals surface area (Å²) in [6, 6.07) is 9.74. The Labute approximate surface area is 112 Å². The molecule has 1 aliphatic heterocycles. The Balaban J connectivity index is 2.35. The maximum atomic E-state index is 12.1. The molecule has 1 aromatic rings. The van der Waals surface area contributed by atoms with E-state index in [1.165, 1.54) is 0 Å². The molecule has 1 aromatic carbocycles. The molecule has 1 atom stereocenters. The molecule has 0 amide bonds. The molecular formula is C14H17N3O2. The first-order valence-electron chi connectivity index (χ1n) is 6.07. The Morgan fingerprint density at radius 2 is 2.05 bits per heavy atom. The molecule has 0 aromatic heterocycles. The van der Waals surface area contributed by atoms with Crippen LogP contribution in [0.15, 0.2) is 40.5 Å². The summed E-state index contributed by atoms with van der Waals surface area (Å²) in [6.45, 7) is 1.76. The van der Waals surface area contributed by atoms with Crippen molar-refractivity contribution in [1.29, 1.82) is 0 Å². The molecule has 5 heteroatoms. The Hall–Kier alpha value is -2.17. The number of hydrogen-bond donors (Lipinski definition) is 0. The van der Waals surface area contributed by atoms with Crippen LogP contribution in [-0.4, -0.2) is 42.6 Å². The van der Waals surface area contributed by atoms with E-state index in [1.54, 1.807) is 18.2 Å². The summed E-state index contributed by atoms with van der Waals surface area (Å²) in [5.74, 6) is -0.424. The summed E-state index contributed by atoms with van der Waals surface area (Å²) in [6.07, 6.45) is 2.07. The zero-order chi connectivity index (χ0) is 13.9. The SMILES string of the molecule is CC1=NOC(=O)C1(Cc1ccccc1)N=CN(C)C. The van der Waals surface area contributed by atoms with E-state index in [1.807, 2.05) is 44.4 Å². The van der Waals surface area contributed by atoms with Crippen molar-refractivity contribution in [3.8, 4) is 0 Å². The highest BCUT2D eigenvalue weighted by atomic mass is 16.7. The van der Waals surface area contributed by atoms with Crippen LogP contribution in [0.25, 0.3) is 0 Å². The molecule has 19 heavy (non-hydrogen) atoms. The number of carbonyl (C=O) groups excluding carboxylic acids is 1. The zero-order valence-corrected chi connectivity index (χ0v) is 11.3. The molecular weight excluding hydrogens is 242 g/mol. The molecule has 100 valence electrons. The van der Waals surface area contributed by atoms with Crippen molar-refractivity contribution >= 4 is 18.0 Å². The van der Waals surface area contributed by atoms with Gasteiger partial charge in [-0.15, -0.1) is 0 Å². The van der Waals surface area contributed by atoms with Gasteiger partial charge in [0.15, 0.2) is 0 Å². The maximum absolute atomic E-state index is 12.1. The number of hydrogen-bond acceptors (Lipinski definition) is 4. The van der Waals surface area contributed by atoms with Crippen LogP contribution >= 0.6 is 0 Å². The van der Waals surface area contributed by atoms with Crippen molar-refractivity contribution in [3.63, 3.8) is 0 Å². The van der Waals surface area contributed by atoms with E-state index in [0.717, 1.165) is 5.56 Å². The minimum Gasteiger partial charge on any atom is -0.369 e. The van der Waals surface area contributed by atoms with Crippen LogP contribution in [-0.2, 0) is 16.1 Å². The van der Waals surface area contributed by atoms with Crippen LogP contribution in [0.4, 0.5) is 0 Å². The van der Waals surface area contributed by atoms with Crippen LogP contribution in [0.1, 0.15) is 12.5 Å². The second-order valence-electron chi connectivity index (χ2n) is 4.79. The predicted octanol–water partition coefficient (Wildman–Crippen LogP) is 1.49. The smallest absolute Gasteiger partial charge is 0.368 e. The summed E-state index contributed by atoms with van der Waals surface area (Å²) in [7, 11) is 3.71. The highest BCUT2D eigenvalue weighted by Crippen LogP contribution is 2.26. The van der Waals surface area contributed by atoms with Gasteiger partial charge in [-0.3, -0.25) is 4.99 Å². The summed E-state index contributed by atoms with van der Waals surface area (Å²) >= 11 is 0. The molecule has 0 saturated carbocycles. The molecule has 1 aliphatic rings. The Bertz CT molecular complexity index is 523. The van der Waals surface area contributed by atoms with Crippen LogP contribution in [0.3, 0.4) is 0 Å². The summed E-state index contributed by atoms with van der Waals surface area (Å²) in [5.41, 5.74) is 0.567. The van der Waals surface area contributed by atoms with Gasteiger partial charge >= 0.3 is 5.97 Å². The zero-order valence-electron chi connectivity index (χ0n) is 11.3. The minimum atomic E-state index is -1.04. The monoisotopic (exact) mass is 259 g/mol. The van der Waals surface area contributed by atoms with Crippen molar-refractivity contribution in [1.82, 2.24) is 4.90 Å². The third kappa shape index (κ3) is 2.65. The second-order valence-corrected chi connectivity index (χ2v) is 4.79. The molecule has 0 saturated heterocycles. The summed E-state index contributed by atoms with van der Waals surface area (Å²) in [4.78, 5) is 23.0. The van der Waals surface area contributed by atoms with E-state index in [2.05, 4.69) is 10.1 Å². The lowest BCUT2D eigenvalue weighted by Gasteiger charge is -2.21. The quantitative estimate of drug-likeness (QED) is 0.467. The number of rotatable bonds is 4. The molecule has 0 radical (unpaired) electrons. The molecule has 0 fully saturated rings. The number of carbonyl (C=O) groups is 1. The molecule has 0 aliphatic carbocycles. The highest BCUT2D eigenvalue weighted by Gasteiger charge is 2.48. The van der Waals surface area contributed by atoms with Crippen molar-refractivity contribution < 1.29 is 9.63 Å². The van der Waals surface area contributed by atoms with Gasteiger partial charge in [-0.1, -0.05) is 35.5 Å². The highest BCUT2D eigenvalue weighted by molar-refractivity contribution is 6.13. The van der Waals surface area contributed by atoms with Gasteiger partial charge in [-0.05, 0) is 12.5 Å². The normalized spacial score (nSPS) is 22.5. The molecule has 1 unspecified atom stereocenters. The van der Waals surface area contributed by atoms with Crippen molar-refractivity contribution in [3.05, 3.63) is 35.9 Å². The van der Waals surface area contributed by atoms with Gasteiger partial charge in [0.05, 0.1) is 12.1 Å². The molecule has 2 rings (SSSR count). The second kappa shape index (κ2) is 5.22. The van der Waals surface area contributed by atoms with Gasteiger partial charge in [0.1, 0.15) is 0 Å². The third-order valence-electron chi connectivity index (χ3n) is 3.01. The van der Waals surface area contributed by atoms with E-state index in [0.29, 0.717) is 12.1 Å². The third-order valence-corrected chi connectivity index (χ3v) is 3.01. The van der Waals surface area contributed by atoms with Crippen LogP contribution in [0.2, 0.25) is 0 Å². The van der Waals surface area contributed by atoms with Gasteiger partial charge in [-0.2, -0.15) is 0 Å². The van der Waals surface area contributed by atoms with Crippen LogP contribution in [0, 0.1) is 0 Å². The first-order valence-corrected chi connectivity index (χ1v) is 6.07. The van der Waals surface area contributed by atoms with Crippen LogP contribution < -0.4 is 0 Å². The van der Waals surface area contributed by atoms with E-state index in [9.17, 15) is 4.79 Å². The van der Waals surface area contributed by atoms with Gasteiger partial charge in [-0.25, -0.2) is 4.79 Å². The average molecular weight is 259 g/mol. The molecule has 1 heterocycles. The van der Waals surface area contributed by atoms with Crippen molar-refractivity contribution in [2.45, 2.75) is 18.9 Å². The molecule has 0 bridgehead atoms. The number of oxime groups is 1. The minimum absolute atomic E-state index is 0.424. The molecule has 5 nitrogen and oxygen atoms in total. The lowest BCUT2D eigenvalue weighted by atomic mass is 9.88. The first kappa shape index (κ1) is 13.3. The number of benzene rings is 1. The van der Waals surface area contributed by atoms with Gasteiger partial charge in [0.2, 0.25) is 5.54 Å². The van der Waals surface area contributed by atoms with E-state index in [-0.39, 0.29) is 0 Å². The predicted molar refractivity (Wildman–Crippen MR) is 74.3 cm³/mol. The van der Waals surface area contributed by atoms with E-state index >= 15 is 0 Å². The van der Waals surface area contributed by atoms with Crippen molar-refractivity contribution in [2.75, 3.05) is 14.1 Å². The largest absolute Gasteiger partial charge is 0.369 e. The fourth-order valence-corrected chi connectivity index (χ4v) is 1.91. The number of nitrogens with zero attached hydrogens (tertiary/aromatic N) is 3. The Morgan fingerprint density at radius 3 is 2.58 bits per heavy atom. The van der Waals surface area contributed by atoms with Crippen molar-refractivity contribution in [2.24, 2.45) is 10.1 Å². The summed E-state index contributed by atoms with van der Waals surface area (Å²) in [5, 5.41) is 3.78. The van der Waals surface area contributed by atoms with E-state index < -0.39 is 11.5 Å². The average Bonchev–Trinajstić information content (AvgIpc) is 2.66. The fraction of sp³-hybridized carbons (Fsp3) is 0.357. The molecule has 0 spiro atoms. The fourth-order valence-electron chi connectivity index (χ4n) is 1.91. The van der Waals surface area contributed by atoms with Gasteiger partial charge in [0, 0.05) is 20.5 Å². The summed E-state index contributed by atoms with van der Waals surface area (Å²) < 4.78 is 0. The van der Waals surface area contributed by atoms with E-state index in [4.69, 9.17) is 4.84 Å². The molecule has 0 N–H and O–H groups in total. The first-order chi connectivity index (χ1) is 9.04. The Morgan fingerprint density at radius 1 is 1.37 bits per heavy atom.